The van der Waals surface area contributed by atoms with E-state index >= 15 is 0 Å². The third kappa shape index (κ3) is 2.08. The van der Waals surface area contributed by atoms with Crippen molar-refractivity contribution in [2.45, 2.75) is 40.3 Å². The highest BCUT2D eigenvalue weighted by Gasteiger charge is 2.22. The molecule has 0 spiro atoms. The summed E-state index contributed by atoms with van der Waals surface area (Å²) < 4.78 is 7.66. The van der Waals surface area contributed by atoms with Crippen molar-refractivity contribution < 1.29 is 4.42 Å². The highest BCUT2D eigenvalue weighted by molar-refractivity contribution is 5.39. The molecular formula is C14H21N3O. The molecule has 0 aliphatic carbocycles. The predicted octanol–water partition coefficient (Wildman–Crippen LogP) is 2.73. The first-order chi connectivity index (χ1) is 8.58. The average molecular weight is 247 g/mol. The molecule has 0 bridgehead atoms. The van der Waals surface area contributed by atoms with Crippen LogP contribution in [0.2, 0.25) is 0 Å². The average Bonchev–Trinajstić information content (AvgIpc) is 2.91. The van der Waals surface area contributed by atoms with Crippen molar-refractivity contribution in [1.29, 1.82) is 0 Å². The second-order valence-electron chi connectivity index (χ2n) is 4.60. The van der Waals surface area contributed by atoms with Crippen LogP contribution >= 0.6 is 0 Å². The molecule has 0 saturated carbocycles. The Bertz CT molecular complexity index is 539. The van der Waals surface area contributed by atoms with E-state index in [9.17, 15) is 0 Å². The first kappa shape index (κ1) is 12.9. The van der Waals surface area contributed by atoms with E-state index in [1.807, 2.05) is 31.8 Å². The number of nitrogens with one attached hydrogen (secondary N) is 1. The van der Waals surface area contributed by atoms with Crippen molar-refractivity contribution in [1.82, 2.24) is 15.1 Å². The molecule has 0 saturated heterocycles. The lowest BCUT2D eigenvalue weighted by atomic mass is 9.98. The smallest absolute Gasteiger partial charge is 0.106 e. The van der Waals surface area contributed by atoms with Crippen LogP contribution in [0.15, 0.2) is 16.8 Å². The Morgan fingerprint density at radius 2 is 2.06 bits per heavy atom. The van der Waals surface area contributed by atoms with Crippen molar-refractivity contribution in [3.05, 3.63) is 40.6 Å². The second kappa shape index (κ2) is 4.98. The zero-order chi connectivity index (χ0) is 13.3. The lowest BCUT2D eigenvalue weighted by Crippen LogP contribution is -2.18. The van der Waals surface area contributed by atoms with Crippen molar-refractivity contribution in [2.75, 3.05) is 7.05 Å². The number of aromatic nitrogens is 2. The van der Waals surface area contributed by atoms with E-state index < -0.39 is 0 Å². The number of rotatable bonds is 4. The minimum atomic E-state index is 0.141. The highest BCUT2D eigenvalue weighted by Crippen LogP contribution is 2.30. The van der Waals surface area contributed by atoms with E-state index in [1.165, 1.54) is 16.7 Å². The summed E-state index contributed by atoms with van der Waals surface area (Å²) in [6.07, 6.45) is 4.01. The molecule has 18 heavy (non-hydrogen) atoms. The number of furan rings is 1. The van der Waals surface area contributed by atoms with E-state index in [0.29, 0.717) is 0 Å². The Hall–Kier alpha value is -1.55. The second-order valence-corrected chi connectivity index (χ2v) is 4.60. The molecule has 0 radical (unpaired) electrons. The van der Waals surface area contributed by atoms with Gasteiger partial charge in [0.05, 0.1) is 12.2 Å². The largest absolute Gasteiger partial charge is 0.466 e. The molecule has 1 atom stereocenters. The summed E-state index contributed by atoms with van der Waals surface area (Å²) in [6.45, 7) is 9.11. The lowest BCUT2D eigenvalue weighted by Gasteiger charge is -2.15. The summed E-state index contributed by atoms with van der Waals surface area (Å²) in [4.78, 5) is 0. The lowest BCUT2D eigenvalue weighted by molar-refractivity contribution is 0.495. The summed E-state index contributed by atoms with van der Waals surface area (Å²) in [6, 6.07) is 0.141. The molecule has 0 fully saturated rings. The van der Waals surface area contributed by atoms with Gasteiger partial charge in [-0.2, -0.15) is 5.10 Å². The normalized spacial score (nSPS) is 12.9. The molecule has 1 N–H and O–H groups in total. The van der Waals surface area contributed by atoms with Gasteiger partial charge in [0.1, 0.15) is 11.5 Å². The van der Waals surface area contributed by atoms with Crippen LogP contribution in [0.4, 0.5) is 0 Å². The Morgan fingerprint density at radius 1 is 1.33 bits per heavy atom. The minimum absolute atomic E-state index is 0.141. The monoisotopic (exact) mass is 247 g/mol. The van der Waals surface area contributed by atoms with Gasteiger partial charge >= 0.3 is 0 Å². The molecule has 4 nitrogen and oxygen atoms in total. The van der Waals surface area contributed by atoms with Gasteiger partial charge in [0.25, 0.3) is 0 Å². The molecule has 0 aliphatic heterocycles. The quantitative estimate of drug-likeness (QED) is 0.903. The maximum Gasteiger partial charge on any atom is 0.106 e. The van der Waals surface area contributed by atoms with E-state index in [2.05, 4.69) is 30.5 Å². The van der Waals surface area contributed by atoms with Gasteiger partial charge < -0.3 is 9.73 Å². The summed E-state index contributed by atoms with van der Waals surface area (Å²) in [7, 11) is 1.97. The number of nitrogens with zero attached hydrogens (tertiary/aromatic N) is 2. The van der Waals surface area contributed by atoms with Gasteiger partial charge in [-0.3, -0.25) is 4.68 Å². The van der Waals surface area contributed by atoms with Gasteiger partial charge in [-0.15, -0.1) is 0 Å². The van der Waals surface area contributed by atoms with Gasteiger partial charge in [-0.05, 0) is 40.3 Å². The third-order valence-electron chi connectivity index (χ3n) is 3.51. The Kier molecular flexibility index (Phi) is 3.57. The molecule has 98 valence electrons. The Balaban J connectivity index is 2.44. The van der Waals surface area contributed by atoms with Gasteiger partial charge in [-0.1, -0.05) is 0 Å². The highest BCUT2D eigenvalue weighted by atomic mass is 16.3. The first-order valence-corrected chi connectivity index (χ1v) is 6.34. The Morgan fingerprint density at radius 3 is 2.50 bits per heavy atom. The fraction of sp³-hybridized carbons (Fsp3) is 0.500. The van der Waals surface area contributed by atoms with Crippen LogP contribution in [0.25, 0.3) is 0 Å². The molecule has 2 heterocycles. The van der Waals surface area contributed by atoms with Gasteiger partial charge in [-0.25, -0.2) is 0 Å². The predicted molar refractivity (Wildman–Crippen MR) is 71.7 cm³/mol. The maximum atomic E-state index is 5.72. The topological polar surface area (TPSA) is 43.0 Å². The van der Waals surface area contributed by atoms with Crippen LogP contribution in [0.3, 0.4) is 0 Å². The van der Waals surface area contributed by atoms with Crippen molar-refractivity contribution >= 4 is 0 Å². The van der Waals surface area contributed by atoms with E-state index in [4.69, 9.17) is 4.42 Å². The molecule has 1 unspecified atom stereocenters. The molecule has 0 amide bonds. The molecule has 2 aromatic rings. The molecular weight excluding hydrogens is 226 g/mol. The number of hydrogen-bond acceptors (Lipinski definition) is 3. The van der Waals surface area contributed by atoms with E-state index in [0.717, 1.165) is 18.1 Å². The van der Waals surface area contributed by atoms with Crippen LogP contribution in [0.1, 0.15) is 41.2 Å². The number of aryl methyl sites for hydroxylation is 3. The van der Waals surface area contributed by atoms with E-state index in [-0.39, 0.29) is 6.04 Å². The maximum absolute atomic E-state index is 5.72. The molecule has 4 heteroatoms. The summed E-state index contributed by atoms with van der Waals surface area (Å²) >= 11 is 0. The standard InChI is InChI=1S/C14H21N3O/c1-6-17-8-12(7-16-17)14(15-5)13-9(2)10(3)18-11(13)4/h7-8,14-15H,6H2,1-5H3. The molecule has 0 aliphatic rings. The van der Waals surface area contributed by atoms with Gasteiger partial charge in [0.2, 0.25) is 0 Å². The Labute approximate surface area is 108 Å². The fourth-order valence-corrected chi connectivity index (χ4v) is 2.41. The summed E-state index contributed by atoms with van der Waals surface area (Å²) in [5, 5.41) is 7.69. The van der Waals surface area contributed by atoms with Crippen LogP contribution in [0.5, 0.6) is 0 Å². The van der Waals surface area contributed by atoms with Crippen molar-refractivity contribution in [3.8, 4) is 0 Å². The molecule has 2 rings (SSSR count). The van der Waals surface area contributed by atoms with Gasteiger partial charge in [0.15, 0.2) is 0 Å². The zero-order valence-electron chi connectivity index (χ0n) is 11.7. The van der Waals surface area contributed by atoms with Crippen molar-refractivity contribution in [3.63, 3.8) is 0 Å². The summed E-state index contributed by atoms with van der Waals surface area (Å²) in [5.74, 6) is 1.97. The van der Waals surface area contributed by atoms with Crippen molar-refractivity contribution in [2.24, 2.45) is 0 Å². The molecule has 2 aromatic heterocycles. The number of hydrogen-bond donors (Lipinski definition) is 1. The first-order valence-electron chi connectivity index (χ1n) is 6.34. The summed E-state index contributed by atoms with van der Waals surface area (Å²) in [5.41, 5.74) is 3.62. The molecule has 0 aromatic carbocycles. The SMILES string of the molecule is CCn1cc(C(NC)c2c(C)oc(C)c2C)cn1. The van der Waals surface area contributed by atoms with Gasteiger partial charge in [0, 0.05) is 23.9 Å². The van der Waals surface area contributed by atoms with E-state index in [1.54, 1.807) is 0 Å². The van der Waals surface area contributed by atoms with Crippen LogP contribution in [-0.4, -0.2) is 16.8 Å². The third-order valence-corrected chi connectivity index (χ3v) is 3.51. The zero-order valence-corrected chi connectivity index (χ0v) is 11.7. The van der Waals surface area contributed by atoms with Crippen LogP contribution in [-0.2, 0) is 6.54 Å². The van der Waals surface area contributed by atoms with Crippen LogP contribution in [0, 0.1) is 20.8 Å². The minimum Gasteiger partial charge on any atom is -0.466 e. The fourth-order valence-electron chi connectivity index (χ4n) is 2.41. The van der Waals surface area contributed by atoms with Crippen LogP contribution < -0.4 is 5.32 Å².